The lowest BCUT2D eigenvalue weighted by Gasteiger charge is -2.09. The van der Waals surface area contributed by atoms with Crippen LogP contribution in [0.5, 0.6) is 0 Å². The lowest BCUT2D eigenvalue weighted by atomic mass is 10.0. The van der Waals surface area contributed by atoms with Crippen molar-refractivity contribution in [3.63, 3.8) is 0 Å². The van der Waals surface area contributed by atoms with Crippen LogP contribution in [-0.2, 0) is 13.0 Å². The number of aromatic nitrogens is 5. The van der Waals surface area contributed by atoms with Gasteiger partial charge in [-0.3, -0.25) is 0 Å². The van der Waals surface area contributed by atoms with Crippen molar-refractivity contribution < 1.29 is 0 Å². The van der Waals surface area contributed by atoms with E-state index in [0.717, 1.165) is 45.3 Å². The van der Waals surface area contributed by atoms with Gasteiger partial charge in [-0.05, 0) is 42.3 Å². The zero-order valence-corrected chi connectivity index (χ0v) is 15.3. The van der Waals surface area contributed by atoms with E-state index in [1.807, 2.05) is 19.1 Å². The number of thiophene rings is 1. The fourth-order valence-electron chi connectivity index (χ4n) is 2.97. The summed E-state index contributed by atoms with van der Waals surface area (Å²) < 4.78 is 0. The predicted octanol–water partition coefficient (Wildman–Crippen LogP) is 4.08. The topological polar surface area (TPSA) is 79.4 Å². The minimum Gasteiger partial charge on any atom is -0.362 e. The van der Waals surface area contributed by atoms with E-state index in [1.54, 1.807) is 17.5 Å². The largest absolute Gasteiger partial charge is 0.362 e. The Kier molecular flexibility index (Phi) is 4.09. The molecular weight excluding hydrogens is 332 g/mol. The summed E-state index contributed by atoms with van der Waals surface area (Å²) in [5, 5.41) is 6.78. The number of anilines is 1. The van der Waals surface area contributed by atoms with Crippen LogP contribution in [0.25, 0.3) is 21.4 Å². The van der Waals surface area contributed by atoms with E-state index in [4.69, 9.17) is 0 Å². The van der Waals surface area contributed by atoms with Crippen LogP contribution < -0.4 is 5.32 Å². The van der Waals surface area contributed by atoms with Crippen molar-refractivity contribution in [2.24, 2.45) is 5.92 Å². The van der Waals surface area contributed by atoms with Gasteiger partial charge in [0.15, 0.2) is 5.65 Å². The van der Waals surface area contributed by atoms with E-state index >= 15 is 0 Å². The highest BCUT2D eigenvalue weighted by Gasteiger charge is 2.14. The van der Waals surface area contributed by atoms with Crippen molar-refractivity contribution in [3.05, 3.63) is 40.9 Å². The lowest BCUT2D eigenvalue weighted by molar-refractivity contribution is 0.651. The highest BCUT2D eigenvalue weighted by molar-refractivity contribution is 7.17. The Balaban J connectivity index is 1.66. The van der Waals surface area contributed by atoms with Crippen molar-refractivity contribution >= 4 is 38.5 Å². The first-order valence-corrected chi connectivity index (χ1v) is 9.26. The Labute approximate surface area is 149 Å². The maximum absolute atomic E-state index is 4.64. The Morgan fingerprint density at radius 3 is 2.92 bits per heavy atom. The summed E-state index contributed by atoms with van der Waals surface area (Å²) in [6.45, 7) is 6.95. The van der Waals surface area contributed by atoms with Crippen molar-refractivity contribution in [3.8, 4) is 0 Å². The van der Waals surface area contributed by atoms with Crippen LogP contribution in [0.1, 0.15) is 31.1 Å². The Morgan fingerprint density at radius 2 is 2.12 bits per heavy atom. The van der Waals surface area contributed by atoms with E-state index in [2.05, 4.69) is 49.5 Å². The Bertz CT molecular complexity index is 1000. The second-order valence-electron chi connectivity index (χ2n) is 6.57. The molecule has 7 heteroatoms. The number of H-pyrrole nitrogens is 1. The molecule has 0 radical (unpaired) electrons. The molecule has 4 aromatic rings. The van der Waals surface area contributed by atoms with Gasteiger partial charge in [-0.1, -0.05) is 13.8 Å². The number of rotatable bonds is 5. The van der Waals surface area contributed by atoms with Gasteiger partial charge in [-0.15, -0.1) is 11.3 Å². The molecule has 0 aliphatic rings. The molecule has 0 aromatic carbocycles. The second kappa shape index (κ2) is 6.40. The van der Waals surface area contributed by atoms with Crippen LogP contribution >= 0.6 is 11.3 Å². The summed E-state index contributed by atoms with van der Waals surface area (Å²) in [6.07, 6.45) is 2.77. The first kappa shape index (κ1) is 16.0. The smallest absolute Gasteiger partial charge is 0.177 e. The average molecular weight is 352 g/mol. The Morgan fingerprint density at radius 1 is 1.24 bits per heavy atom. The minimum atomic E-state index is 0.568. The van der Waals surface area contributed by atoms with Gasteiger partial charge in [-0.2, -0.15) is 0 Å². The number of nitrogens with one attached hydrogen (secondary N) is 2. The van der Waals surface area contributed by atoms with E-state index in [1.165, 1.54) is 5.56 Å². The van der Waals surface area contributed by atoms with Crippen molar-refractivity contribution in [1.82, 2.24) is 24.9 Å². The van der Waals surface area contributed by atoms with E-state index in [0.29, 0.717) is 12.5 Å². The van der Waals surface area contributed by atoms with Gasteiger partial charge in [0.25, 0.3) is 0 Å². The fourth-order valence-corrected chi connectivity index (χ4v) is 3.97. The van der Waals surface area contributed by atoms with Crippen LogP contribution in [0.15, 0.2) is 23.7 Å². The zero-order chi connectivity index (χ0) is 17.4. The maximum atomic E-state index is 4.64. The van der Waals surface area contributed by atoms with Crippen molar-refractivity contribution in [1.29, 1.82) is 0 Å². The second-order valence-corrected chi connectivity index (χ2v) is 7.43. The van der Waals surface area contributed by atoms with Gasteiger partial charge in [0.05, 0.1) is 17.4 Å². The van der Waals surface area contributed by atoms with Crippen LogP contribution in [0, 0.1) is 12.8 Å². The summed E-state index contributed by atoms with van der Waals surface area (Å²) in [6, 6.07) is 3.88. The van der Waals surface area contributed by atoms with Gasteiger partial charge in [-0.25, -0.2) is 19.9 Å². The number of aromatic amines is 1. The predicted molar refractivity (Wildman–Crippen MR) is 102 cm³/mol. The molecule has 0 aliphatic carbocycles. The normalized spacial score (nSPS) is 11.7. The molecular formula is C18H20N6S. The van der Waals surface area contributed by atoms with E-state index < -0.39 is 0 Å². The lowest BCUT2D eigenvalue weighted by Crippen LogP contribution is -2.06. The van der Waals surface area contributed by atoms with E-state index in [-0.39, 0.29) is 0 Å². The number of hydrogen-bond acceptors (Lipinski definition) is 6. The molecule has 25 heavy (non-hydrogen) atoms. The average Bonchev–Trinajstić information content (AvgIpc) is 3.15. The summed E-state index contributed by atoms with van der Waals surface area (Å²) >= 11 is 1.69. The van der Waals surface area contributed by atoms with Gasteiger partial charge < -0.3 is 10.3 Å². The molecule has 4 aromatic heterocycles. The first-order chi connectivity index (χ1) is 12.1. The molecule has 0 bridgehead atoms. The molecule has 0 amide bonds. The molecule has 4 heterocycles. The highest BCUT2D eigenvalue weighted by atomic mass is 32.1. The monoisotopic (exact) mass is 352 g/mol. The van der Waals surface area contributed by atoms with Crippen molar-refractivity contribution in [2.75, 3.05) is 5.32 Å². The molecule has 0 unspecified atom stereocenters. The minimum absolute atomic E-state index is 0.568. The number of imidazole rings is 1. The van der Waals surface area contributed by atoms with Gasteiger partial charge in [0.1, 0.15) is 22.3 Å². The van der Waals surface area contributed by atoms with Gasteiger partial charge in [0.2, 0.25) is 0 Å². The third-order valence-corrected chi connectivity index (χ3v) is 4.90. The third kappa shape index (κ3) is 3.19. The number of aryl methyl sites for hydroxylation is 1. The number of hydrogen-bond donors (Lipinski definition) is 2. The van der Waals surface area contributed by atoms with Gasteiger partial charge in [0, 0.05) is 6.20 Å². The highest BCUT2D eigenvalue weighted by Crippen LogP contribution is 2.31. The third-order valence-electron chi connectivity index (χ3n) is 3.98. The molecule has 0 atom stereocenters. The van der Waals surface area contributed by atoms with Crippen LogP contribution in [0.2, 0.25) is 0 Å². The van der Waals surface area contributed by atoms with E-state index in [9.17, 15) is 0 Å². The molecule has 4 rings (SSSR count). The number of pyridine rings is 1. The number of nitrogens with zero attached hydrogens (tertiary/aromatic N) is 4. The molecule has 0 spiro atoms. The molecule has 0 aliphatic heterocycles. The Hall–Kier alpha value is -2.54. The van der Waals surface area contributed by atoms with Crippen molar-refractivity contribution in [2.45, 2.75) is 33.7 Å². The zero-order valence-electron chi connectivity index (χ0n) is 14.5. The molecule has 128 valence electrons. The summed E-state index contributed by atoms with van der Waals surface area (Å²) in [7, 11) is 0. The van der Waals surface area contributed by atoms with Crippen LogP contribution in [0.3, 0.4) is 0 Å². The summed E-state index contributed by atoms with van der Waals surface area (Å²) in [4.78, 5) is 22.3. The quantitative estimate of drug-likeness (QED) is 0.566. The summed E-state index contributed by atoms with van der Waals surface area (Å²) in [5.41, 5.74) is 2.99. The summed E-state index contributed by atoms with van der Waals surface area (Å²) in [5.74, 6) is 3.10. The molecule has 0 fully saturated rings. The van der Waals surface area contributed by atoms with Gasteiger partial charge >= 0.3 is 0 Å². The first-order valence-electron chi connectivity index (χ1n) is 8.38. The number of fused-ring (bicyclic) bond motifs is 2. The standard InChI is InChI=1S/C18H20N6S/c1-10(2)7-12-9-25-18-15(12)17(21-11(3)22-18)20-8-14-23-13-5-4-6-19-16(13)24-14/h4-6,9-10H,7-8H2,1-3H3,(H,19,23,24)(H,20,21,22). The fraction of sp³-hybridized carbons (Fsp3) is 0.333. The SMILES string of the molecule is Cc1nc(NCc2nc3ncccc3[nH]2)c2c(CC(C)C)csc2n1. The molecule has 0 saturated carbocycles. The van der Waals surface area contributed by atoms with Crippen LogP contribution in [-0.4, -0.2) is 24.9 Å². The molecule has 0 saturated heterocycles. The molecule has 2 N–H and O–H groups in total. The maximum Gasteiger partial charge on any atom is 0.177 e. The molecule has 6 nitrogen and oxygen atoms in total. The van der Waals surface area contributed by atoms with Crippen LogP contribution in [0.4, 0.5) is 5.82 Å².